The van der Waals surface area contributed by atoms with Crippen molar-refractivity contribution in [1.29, 1.82) is 0 Å². The summed E-state index contributed by atoms with van der Waals surface area (Å²) in [6.45, 7) is 0. The molecule has 16 heavy (non-hydrogen) atoms. The highest BCUT2D eigenvalue weighted by Gasteiger charge is 2.08. The van der Waals surface area contributed by atoms with E-state index in [0.29, 0.717) is 5.56 Å². The molecular weight excluding hydrogens is 200 g/mol. The molecule has 2 N–H and O–H groups in total. The van der Waals surface area contributed by atoms with Crippen molar-refractivity contribution in [1.82, 2.24) is 9.97 Å². The van der Waals surface area contributed by atoms with Crippen LogP contribution in [0.4, 0.5) is 0 Å². The molecule has 0 fully saturated rings. The molecule has 0 spiro atoms. The van der Waals surface area contributed by atoms with Crippen molar-refractivity contribution in [2.75, 3.05) is 0 Å². The van der Waals surface area contributed by atoms with Gasteiger partial charge in [0, 0.05) is 23.3 Å². The summed E-state index contributed by atoms with van der Waals surface area (Å²) >= 11 is 0. The molecule has 0 unspecified atom stereocenters. The van der Waals surface area contributed by atoms with Gasteiger partial charge >= 0.3 is 0 Å². The molecule has 1 aromatic carbocycles. The van der Waals surface area contributed by atoms with Crippen molar-refractivity contribution in [2.45, 2.75) is 0 Å². The molecule has 3 aromatic rings. The van der Waals surface area contributed by atoms with Gasteiger partial charge in [0.2, 0.25) is 0 Å². The van der Waals surface area contributed by atoms with E-state index in [0.717, 1.165) is 16.6 Å². The highest BCUT2D eigenvalue weighted by molar-refractivity contribution is 5.94. The minimum absolute atomic E-state index is 0.233. The number of H-pyrrole nitrogens is 1. The molecule has 2 aromatic heterocycles. The Morgan fingerprint density at radius 2 is 2.19 bits per heavy atom. The molecule has 0 aliphatic rings. The van der Waals surface area contributed by atoms with E-state index < -0.39 is 0 Å². The molecule has 0 atom stereocenters. The summed E-state index contributed by atoms with van der Waals surface area (Å²) in [7, 11) is 0. The van der Waals surface area contributed by atoms with Gasteiger partial charge in [0.05, 0.1) is 0 Å². The van der Waals surface area contributed by atoms with Crippen LogP contribution in [-0.2, 0) is 0 Å². The van der Waals surface area contributed by atoms with Crippen LogP contribution in [0.2, 0.25) is 0 Å². The Labute approximate surface area is 92.4 Å². The highest BCUT2D eigenvalue weighted by atomic mass is 16.3. The third kappa shape index (κ3) is 1.26. The van der Waals surface area contributed by atoms with Crippen LogP contribution in [0.25, 0.3) is 22.2 Å². The van der Waals surface area contributed by atoms with E-state index in [1.807, 2.05) is 18.3 Å². The molecule has 0 saturated carbocycles. The topological polar surface area (TPSA) is 48.9 Å². The maximum Gasteiger partial charge on any atom is 0.137 e. The summed E-state index contributed by atoms with van der Waals surface area (Å²) in [4.78, 5) is 7.25. The lowest BCUT2D eigenvalue weighted by molar-refractivity contribution is 0.477. The summed E-state index contributed by atoms with van der Waals surface area (Å²) in [6, 6.07) is 12.1. The molecule has 0 aliphatic carbocycles. The number of phenolic OH excluding ortho intramolecular Hbond substituents is 1. The summed E-state index contributed by atoms with van der Waals surface area (Å²) in [5.74, 6) is 0.233. The molecule has 0 saturated heterocycles. The van der Waals surface area contributed by atoms with Crippen LogP contribution in [0.15, 0.2) is 42.7 Å². The Morgan fingerprint density at radius 1 is 1.25 bits per heavy atom. The molecule has 3 rings (SSSR count). The number of nitrogens with zero attached hydrogens (tertiary/aromatic N) is 1. The smallest absolute Gasteiger partial charge is 0.137 e. The van der Waals surface area contributed by atoms with E-state index in [-0.39, 0.29) is 5.75 Å². The van der Waals surface area contributed by atoms with E-state index in [9.17, 15) is 5.11 Å². The summed E-state index contributed by atoms with van der Waals surface area (Å²) in [5, 5.41) is 10.8. The van der Waals surface area contributed by atoms with Crippen LogP contribution in [0.3, 0.4) is 0 Å². The number of nitrogens with one attached hydrogen (secondary N) is 1. The summed E-state index contributed by atoms with van der Waals surface area (Å²) in [5.41, 5.74) is 2.45. The predicted molar refractivity (Wildman–Crippen MR) is 62.0 cm³/mol. The first-order valence-corrected chi connectivity index (χ1v) is 4.98. The first-order valence-electron chi connectivity index (χ1n) is 4.98. The average molecular weight is 209 g/mol. The van der Waals surface area contributed by atoms with Crippen molar-refractivity contribution >= 4 is 11.0 Å². The van der Waals surface area contributed by atoms with E-state index in [1.165, 1.54) is 0 Å². The number of hydrogen-bond acceptors (Lipinski definition) is 2. The van der Waals surface area contributed by atoms with Gasteiger partial charge < -0.3 is 10.1 Å². The molecule has 77 valence electrons. The third-order valence-corrected chi connectivity index (χ3v) is 2.56. The number of aromatic nitrogens is 2. The fourth-order valence-electron chi connectivity index (χ4n) is 1.82. The fraction of sp³-hybridized carbons (Fsp3) is 0. The Bertz CT molecular complexity index is 643. The van der Waals surface area contributed by atoms with Crippen LogP contribution in [0, 0.1) is 6.07 Å². The lowest BCUT2D eigenvalue weighted by Gasteiger charge is -2.04. The Hall–Kier alpha value is -2.29. The number of aromatic amines is 1. The maximum absolute atomic E-state index is 9.80. The van der Waals surface area contributed by atoms with Crippen LogP contribution in [0.1, 0.15) is 0 Å². The standard InChI is InChI=1S/C13H9N2O/c16-12-4-2-1-3-10(12)9-5-7-14-13-11(9)6-8-15-13/h1-2,4-8,16H,(H,14,15). The van der Waals surface area contributed by atoms with E-state index in [4.69, 9.17) is 0 Å². The molecule has 0 aliphatic heterocycles. The zero-order chi connectivity index (χ0) is 11.0. The number of pyridine rings is 1. The number of benzene rings is 1. The zero-order valence-electron chi connectivity index (χ0n) is 8.44. The van der Waals surface area contributed by atoms with Gasteiger partial charge in [-0.3, -0.25) is 0 Å². The van der Waals surface area contributed by atoms with Gasteiger partial charge in [-0.25, -0.2) is 4.98 Å². The Kier molecular flexibility index (Phi) is 1.90. The SMILES string of the molecule is Oc1ccc[c]c1-c1ccnc2[nH]ccc12. The monoisotopic (exact) mass is 209 g/mol. The number of phenols is 1. The quantitative estimate of drug-likeness (QED) is 0.647. The number of hydrogen-bond donors (Lipinski definition) is 2. The normalized spacial score (nSPS) is 10.8. The first kappa shape index (κ1) is 8.97. The van der Waals surface area contributed by atoms with Gasteiger partial charge in [-0.05, 0) is 29.8 Å². The average Bonchev–Trinajstić information content (AvgIpc) is 2.77. The minimum atomic E-state index is 0.233. The molecule has 2 heterocycles. The molecule has 0 bridgehead atoms. The van der Waals surface area contributed by atoms with Crippen molar-refractivity contribution in [3.8, 4) is 16.9 Å². The van der Waals surface area contributed by atoms with Gasteiger partial charge in [-0.2, -0.15) is 0 Å². The Balaban J connectivity index is 2.34. The molecular formula is C13H9N2O. The third-order valence-electron chi connectivity index (χ3n) is 2.56. The summed E-state index contributed by atoms with van der Waals surface area (Å²) < 4.78 is 0. The van der Waals surface area contributed by atoms with Crippen molar-refractivity contribution in [2.24, 2.45) is 0 Å². The van der Waals surface area contributed by atoms with Crippen LogP contribution in [0.5, 0.6) is 5.75 Å². The van der Waals surface area contributed by atoms with Gasteiger partial charge in [-0.15, -0.1) is 0 Å². The van der Waals surface area contributed by atoms with Crippen molar-refractivity contribution < 1.29 is 5.11 Å². The summed E-state index contributed by atoms with van der Waals surface area (Å²) in [6.07, 6.45) is 3.55. The van der Waals surface area contributed by atoms with Crippen LogP contribution in [-0.4, -0.2) is 15.1 Å². The number of aromatic hydroxyl groups is 1. The number of rotatable bonds is 1. The van der Waals surface area contributed by atoms with E-state index >= 15 is 0 Å². The van der Waals surface area contributed by atoms with Crippen LogP contribution >= 0.6 is 0 Å². The van der Waals surface area contributed by atoms with Crippen molar-refractivity contribution in [3.05, 3.63) is 48.8 Å². The highest BCUT2D eigenvalue weighted by Crippen LogP contribution is 2.32. The fourth-order valence-corrected chi connectivity index (χ4v) is 1.82. The largest absolute Gasteiger partial charge is 0.507 e. The lowest BCUT2D eigenvalue weighted by Crippen LogP contribution is -1.82. The Morgan fingerprint density at radius 3 is 3.06 bits per heavy atom. The lowest BCUT2D eigenvalue weighted by atomic mass is 10.0. The second-order valence-electron chi connectivity index (χ2n) is 3.53. The van der Waals surface area contributed by atoms with E-state index in [1.54, 1.807) is 24.4 Å². The van der Waals surface area contributed by atoms with Crippen molar-refractivity contribution in [3.63, 3.8) is 0 Å². The second kappa shape index (κ2) is 3.38. The van der Waals surface area contributed by atoms with E-state index in [2.05, 4.69) is 16.0 Å². The second-order valence-corrected chi connectivity index (χ2v) is 3.53. The zero-order valence-corrected chi connectivity index (χ0v) is 8.44. The number of fused-ring (bicyclic) bond motifs is 1. The predicted octanol–water partition coefficient (Wildman–Crippen LogP) is 2.74. The van der Waals surface area contributed by atoms with Gasteiger partial charge in [0.1, 0.15) is 11.4 Å². The van der Waals surface area contributed by atoms with Gasteiger partial charge in [0.15, 0.2) is 0 Å². The molecule has 3 heteroatoms. The van der Waals surface area contributed by atoms with Gasteiger partial charge in [-0.1, -0.05) is 12.1 Å². The first-order chi connectivity index (χ1) is 7.86. The van der Waals surface area contributed by atoms with Crippen LogP contribution < -0.4 is 0 Å². The minimum Gasteiger partial charge on any atom is -0.507 e. The molecule has 1 radical (unpaired) electrons. The molecule has 3 nitrogen and oxygen atoms in total. The molecule has 0 amide bonds. The maximum atomic E-state index is 9.80. The van der Waals surface area contributed by atoms with Gasteiger partial charge in [0.25, 0.3) is 0 Å².